The van der Waals surface area contributed by atoms with Crippen molar-refractivity contribution in [1.82, 2.24) is 4.90 Å². The number of amides is 1. The van der Waals surface area contributed by atoms with Gasteiger partial charge in [0.05, 0.1) is 0 Å². The van der Waals surface area contributed by atoms with Crippen molar-refractivity contribution in [2.75, 3.05) is 24.3 Å². The van der Waals surface area contributed by atoms with Crippen LogP contribution in [0, 0.1) is 6.92 Å². The summed E-state index contributed by atoms with van der Waals surface area (Å²) < 4.78 is 0. The summed E-state index contributed by atoms with van der Waals surface area (Å²) in [7, 11) is 1.86. The number of aryl methyl sites for hydroxylation is 1. The highest BCUT2D eigenvalue weighted by Gasteiger charge is 2.17. The SMILES string of the molecule is CCSCC(C)N(C)C(=O)c1ccc(N)c(C)c1. The van der Waals surface area contributed by atoms with Crippen molar-refractivity contribution in [3.8, 4) is 0 Å². The van der Waals surface area contributed by atoms with Crippen molar-refractivity contribution in [1.29, 1.82) is 0 Å². The molecule has 0 heterocycles. The molecule has 1 unspecified atom stereocenters. The Balaban J connectivity index is 2.76. The van der Waals surface area contributed by atoms with Gasteiger partial charge in [0.2, 0.25) is 0 Å². The number of nitrogens with zero attached hydrogens (tertiary/aromatic N) is 1. The van der Waals surface area contributed by atoms with Crippen LogP contribution in [0.2, 0.25) is 0 Å². The average Bonchev–Trinajstić information content (AvgIpc) is 2.37. The predicted molar refractivity (Wildman–Crippen MR) is 80.1 cm³/mol. The number of benzene rings is 1. The molecule has 18 heavy (non-hydrogen) atoms. The minimum Gasteiger partial charge on any atom is -0.399 e. The maximum atomic E-state index is 12.3. The molecule has 0 bridgehead atoms. The highest BCUT2D eigenvalue weighted by molar-refractivity contribution is 7.99. The van der Waals surface area contributed by atoms with Gasteiger partial charge in [-0.05, 0) is 43.4 Å². The van der Waals surface area contributed by atoms with E-state index in [1.165, 1.54) is 0 Å². The van der Waals surface area contributed by atoms with E-state index in [0.717, 1.165) is 22.8 Å². The molecule has 0 radical (unpaired) electrons. The number of hydrogen-bond donors (Lipinski definition) is 1. The normalized spacial score (nSPS) is 12.2. The Morgan fingerprint density at radius 2 is 2.17 bits per heavy atom. The zero-order valence-corrected chi connectivity index (χ0v) is 12.4. The summed E-state index contributed by atoms with van der Waals surface area (Å²) in [5, 5.41) is 0. The van der Waals surface area contributed by atoms with Gasteiger partial charge in [0.15, 0.2) is 0 Å². The third-order valence-electron chi connectivity index (χ3n) is 3.06. The molecule has 4 heteroatoms. The quantitative estimate of drug-likeness (QED) is 0.834. The van der Waals surface area contributed by atoms with Crippen LogP contribution in [0.4, 0.5) is 5.69 Å². The van der Waals surface area contributed by atoms with E-state index in [1.54, 1.807) is 17.0 Å². The lowest BCUT2D eigenvalue weighted by molar-refractivity contribution is 0.0757. The number of thioether (sulfide) groups is 1. The van der Waals surface area contributed by atoms with E-state index in [2.05, 4.69) is 13.8 Å². The van der Waals surface area contributed by atoms with E-state index >= 15 is 0 Å². The van der Waals surface area contributed by atoms with Crippen LogP contribution in [0.3, 0.4) is 0 Å². The molecule has 1 atom stereocenters. The molecule has 1 rings (SSSR count). The first-order chi connectivity index (χ1) is 8.47. The Morgan fingerprint density at radius 3 is 2.72 bits per heavy atom. The molecule has 1 aromatic carbocycles. The topological polar surface area (TPSA) is 46.3 Å². The van der Waals surface area contributed by atoms with Gasteiger partial charge in [-0.15, -0.1) is 0 Å². The maximum absolute atomic E-state index is 12.3. The smallest absolute Gasteiger partial charge is 0.253 e. The van der Waals surface area contributed by atoms with Crippen molar-refractivity contribution >= 4 is 23.4 Å². The van der Waals surface area contributed by atoms with Crippen LogP contribution >= 0.6 is 11.8 Å². The molecular formula is C14H22N2OS. The number of carbonyl (C=O) groups excluding carboxylic acids is 1. The van der Waals surface area contributed by atoms with Crippen LogP contribution in [-0.4, -0.2) is 35.4 Å². The molecule has 0 aliphatic heterocycles. The molecule has 2 N–H and O–H groups in total. The van der Waals surface area contributed by atoms with Crippen LogP contribution < -0.4 is 5.73 Å². The lowest BCUT2D eigenvalue weighted by Gasteiger charge is -2.25. The second-order valence-electron chi connectivity index (χ2n) is 4.50. The molecule has 0 aliphatic rings. The fourth-order valence-electron chi connectivity index (χ4n) is 1.61. The van der Waals surface area contributed by atoms with Crippen molar-refractivity contribution in [2.45, 2.75) is 26.8 Å². The monoisotopic (exact) mass is 266 g/mol. The Kier molecular flexibility index (Phi) is 5.54. The van der Waals surface area contributed by atoms with Gasteiger partial charge < -0.3 is 10.6 Å². The molecule has 0 aromatic heterocycles. The van der Waals surface area contributed by atoms with Crippen molar-refractivity contribution < 1.29 is 4.79 Å². The van der Waals surface area contributed by atoms with Crippen LogP contribution in [0.1, 0.15) is 29.8 Å². The van der Waals surface area contributed by atoms with Crippen LogP contribution in [0.5, 0.6) is 0 Å². The second-order valence-corrected chi connectivity index (χ2v) is 5.81. The van der Waals surface area contributed by atoms with Gasteiger partial charge in [-0.3, -0.25) is 4.79 Å². The van der Waals surface area contributed by atoms with Crippen LogP contribution in [-0.2, 0) is 0 Å². The van der Waals surface area contributed by atoms with Gasteiger partial charge in [0.25, 0.3) is 5.91 Å². The Labute approximate surface area is 114 Å². The summed E-state index contributed by atoms with van der Waals surface area (Å²) in [6.07, 6.45) is 0. The van der Waals surface area contributed by atoms with E-state index in [9.17, 15) is 4.79 Å². The van der Waals surface area contributed by atoms with Gasteiger partial charge in [-0.25, -0.2) is 0 Å². The molecule has 0 fully saturated rings. The fraction of sp³-hybridized carbons (Fsp3) is 0.500. The average molecular weight is 266 g/mol. The number of nitrogen functional groups attached to an aromatic ring is 1. The standard InChI is InChI=1S/C14H22N2OS/c1-5-18-9-11(3)16(4)14(17)12-6-7-13(15)10(2)8-12/h6-8,11H,5,9,15H2,1-4H3. The van der Waals surface area contributed by atoms with Crippen LogP contribution in [0.25, 0.3) is 0 Å². The molecule has 0 saturated heterocycles. The molecule has 100 valence electrons. The van der Waals surface area contributed by atoms with Crippen molar-refractivity contribution in [3.05, 3.63) is 29.3 Å². The first-order valence-electron chi connectivity index (χ1n) is 6.18. The Hall–Kier alpha value is -1.16. The largest absolute Gasteiger partial charge is 0.399 e. The van der Waals surface area contributed by atoms with Gasteiger partial charge in [0.1, 0.15) is 0 Å². The molecule has 1 amide bonds. The van der Waals surface area contributed by atoms with Crippen molar-refractivity contribution in [2.24, 2.45) is 0 Å². The third kappa shape index (κ3) is 3.67. The Morgan fingerprint density at radius 1 is 1.50 bits per heavy atom. The maximum Gasteiger partial charge on any atom is 0.253 e. The summed E-state index contributed by atoms with van der Waals surface area (Å²) >= 11 is 1.85. The number of hydrogen-bond acceptors (Lipinski definition) is 3. The fourth-order valence-corrected chi connectivity index (χ4v) is 2.41. The highest BCUT2D eigenvalue weighted by Crippen LogP contribution is 2.16. The van der Waals surface area contributed by atoms with Crippen molar-refractivity contribution in [3.63, 3.8) is 0 Å². The third-order valence-corrected chi connectivity index (χ3v) is 4.19. The molecule has 3 nitrogen and oxygen atoms in total. The van der Waals surface area contributed by atoms with E-state index in [0.29, 0.717) is 5.56 Å². The minimum absolute atomic E-state index is 0.0577. The number of nitrogens with two attached hydrogens (primary N) is 1. The zero-order chi connectivity index (χ0) is 13.7. The van der Waals surface area contributed by atoms with Crippen LogP contribution in [0.15, 0.2) is 18.2 Å². The Bertz CT molecular complexity index is 420. The van der Waals surface area contributed by atoms with Gasteiger partial charge in [-0.1, -0.05) is 6.92 Å². The van der Waals surface area contributed by atoms with E-state index in [1.807, 2.05) is 31.8 Å². The van der Waals surface area contributed by atoms with Gasteiger partial charge >= 0.3 is 0 Å². The number of carbonyl (C=O) groups is 1. The summed E-state index contributed by atoms with van der Waals surface area (Å²) in [5.41, 5.74) is 8.14. The van der Waals surface area contributed by atoms with Gasteiger partial charge in [0, 0.05) is 30.1 Å². The summed E-state index contributed by atoms with van der Waals surface area (Å²) in [6.45, 7) is 6.12. The first-order valence-corrected chi connectivity index (χ1v) is 7.33. The molecule has 0 spiro atoms. The number of anilines is 1. The summed E-state index contributed by atoms with van der Waals surface area (Å²) in [6, 6.07) is 5.68. The highest BCUT2D eigenvalue weighted by atomic mass is 32.2. The lowest BCUT2D eigenvalue weighted by atomic mass is 10.1. The number of rotatable bonds is 5. The van der Waals surface area contributed by atoms with E-state index in [4.69, 9.17) is 5.73 Å². The second kappa shape index (κ2) is 6.69. The summed E-state index contributed by atoms with van der Waals surface area (Å²) in [5.74, 6) is 2.10. The molecule has 1 aromatic rings. The zero-order valence-electron chi connectivity index (χ0n) is 11.6. The molecule has 0 saturated carbocycles. The molecule has 0 aliphatic carbocycles. The predicted octanol–water partition coefficient (Wildman–Crippen LogP) is 2.79. The minimum atomic E-state index is 0.0577. The molecular weight excluding hydrogens is 244 g/mol. The summed E-state index contributed by atoms with van der Waals surface area (Å²) in [4.78, 5) is 14.1. The van der Waals surface area contributed by atoms with Gasteiger partial charge in [-0.2, -0.15) is 11.8 Å². The lowest BCUT2D eigenvalue weighted by Crippen LogP contribution is -2.36. The van der Waals surface area contributed by atoms with E-state index < -0.39 is 0 Å². The van der Waals surface area contributed by atoms with E-state index in [-0.39, 0.29) is 11.9 Å². The first kappa shape index (κ1) is 14.9.